The molecule has 6 nitrogen and oxygen atoms in total. The van der Waals surface area contributed by atoms with Gasteiger partial charge in [0.05, 0.1) is 15.5 Å². The molecule has 0 spiro atoms. The third kappa shape index (κ3) is 4.30. The van der Waals surface area contributed by atoms with E-state index in [1.54, 1.807) is 12.1 Å². The number of carbonyl (C=O) groups excluding carboxylic acids is 2. The maximum Gasteiger partial charge on any atom is 0.266 e. The van der Waals surface area contributed by atoms with Crippen LogP contribution < -0.4 is 10.0 Å². The van der Waals surface area contributed by atoms with Crippen LogP contribution in [0.2, 0.25) is 5.02 Å². The molecule has 0 heterocycles. The number of rotatable bonds is 4. The minimum Gasteiger partial charge on any atom is -0.326 e. The summed E-state index contributed by atoms with van der Waals surface area (Å²) in [4.78, 5) is 22.9. The number of hydrogen-bond donors (Lipinski definition) is 2. The molecule has 23 heavy (non-hydrogen) atoms. The monoisotopic (exact) mass is 352 g/mol. The molecule has 0 fully saturated rings. The first kappa shape index (κ1) is 17.0. The minimum atomic E-state index is -4.04. The number of nitrogens with one attached hydrogen (secondary N) is 2. The first-order valence-electron chi connectivity index (χ1n) is 6.49. The molecule has 0 aromatic heterocycles. The summed E-state index contributed by atoms with van der Waals surface area (Å²) < 4.78 is 26.3. The van der Waals surface area contributed by atoms with Gasteiger partial charge in [0.15, 0.2) is 0 Å². The average molecular weight is 353 g/mol. The fraction of sp³-hybridized carbons (Fsp3) is 0.0667. The molecular formula is C15H13ClN2O4S. The van der Waals surface area contributed by atoms with Crippen molar-refractivity contribution in [1.29, 1.82) is 0 Å². The van der Waals surface area contributed by atoms with E-state index in [1.165, 1.54) is 43.3 Å². The van der Waals surface area contributed by atoms with Crippen molar-refractivity contribution >= 4 is 39.1 Å². The lowest BCUT2D eigenvalue weighted by Crippen LogP contribution is -2.30. The standard InChI is InChI=1S/C15H13ClN2O4S/c1-10(19)17-11-6-8-12(9-7-11)23(21,22)18-15(20)13-4-2-3-5-14(13)16/h2-9H,1H3,(H,17,19)(H,18,20). The molecule has 0 aliphatic heterocycles. The number of sulfonamides is 1. The van der Waals surface area contributed by atoms with E-state index in [0.717, 1.165) is 0 Å². The van der Waals surface area contributed by atoms with Gasteiger partial charge in [-0.2, -0.15) is 0 Å². The van der Waals surface area contributed by atoms with Crippen molar-refractivity contribution in [3.05, 3.63) is 59.1 Å². The Morgan fingerprint density at radius 1 is 1.00 bits per heavy atom. The average Bonchev–Trinajstić information content (AvgIpc) is 2.47. The topological polar surface area (TPSA) is 92.3 Å². The van der Waals surface area contributed by atoms with Crippen LogP contribution in [0.3, 0.4) is 0 Å². The van der Waals surface area contributed by atoms with E-state index < -0.39 is 15.9 Å². The Balaban J connectivity index is 2.20. The smallest absolute Gasteiger partial charge is 0.266 e. The highest BCUT2D eigenvalue weighted by Gasteiger charge is 2.20. The number of halogens is 1. The lowest BCUT2D eigenvalue weighted by Gasteiger charge is -2.09. The van der Waals surface area contributed by atoms with Gasteiger partial charge in [-0.25, -0.2) is 13.1 Å². The number of carbonyl (C=O) groups is 2. The molecule has 2 amide bonds. The molecule has 0 atom stereocenters. The molecule has 0 bridgehead atoms. The summed E-state index contributed by atoms with van der Waals surface area (Å²) in [6.07, 6.45) is 0. The van der Waals surface area contributed by atoms with E-state index in [-0.39, 0.29) is 21.4 Å². The first-order valence-corrected chi connectivity index (χ1v) is 8.35. The largest absolute Gasteiger partial charge is 0.326 e. The Morgan fingerprint density at radius 2 is 1.61 bits per heavy atom. The summed E-state index contributed by atoms with van der Waals surface area (Å²) in [6.45, 7) is 1.34. The summed E-state index contributed by atoms with van der Waals surface area (Å²) in [7, 11) is -4.04. The van der Waals surface area contributed by atoms with Gasteiger partial charge in [0, 0.05) is 12.6 Å². The zero-order valence-corrected chi connectivity index (χ0v) is 13.6. The van der Waals surface area contributed by atoms with E-state index in [2.05, 4.69) is 5.32 Å². The Hall–Kier alpha value is -2.38. The summed E-state index contributed by atoms with van der Waals surface area (Å²) in [5, 5.41) is 2.67. The van der Waals surface area contributed by atoms with Crippen LogP contribution in [0, 0.1) is 0 Å². The molecule has 2 rings (SSSR count). The van der Waals surface area contributed by atoms with Crippen LogP contribution in [-0.4, -0.2) is 20.2 Å². The molecule has 0 saturated heterocycles. The third-order valence-electron chi connectivity index (χ3n) is 2.83. The fourth-order valence-electron chi connectivity index (χ4n) is 1.80. The summed E-state index contributed by atoms with van der Waals surface area (Å²) in [5.41, 5.74) is 0.515. The molecule has 2 aromatic carbocycles. The van der Waals surface area contributed by atoms with E-state index in [1.807, 2.05) is 4.72 Å². The van der Waals surface area contributed by atoms with Crippen LogP contribution in [0.4, 0.5) is 5.69 Å². The molecule has 0 saturated carbocycles. The lowest BCUT2D eigenvalue weighted by atomic mass is 10.2. The first-order chi connectivity index (χ1) is 10.8. The summed E-state index contributed by atoms with van der Waals surface area (Å²) in [5.74, 6) is -1.09. The van der Waals surface area contributed by atoms with Crippen molar-refractivity contribution in [2.45, 2.75) is 11.8 Å². The van der Waals surface area contributed by atoms with E-state index >= 15 is 0 Å². The number of anilines is 1. The van der Waals surface area contributed by atoms with Gasteiger partial charge in [-0.15, -0.1) is 0 Å². The van der Waals surface area contributed by atoms with Crippen LogP contribution in [-0.2, 0) is 14.8 Å². The van der Waals surface area contributed by atoms with Crippen LogP contribution in [0.25, 0.3) is 0 Å². The molecule has 0 aliphatic rings. The van der Waals surface area contributed by atoms with E-state index in [9.17, 15) is 18.0 Å². The second-order valence-electron chi connectivity index (χ2n) is 4.62. The zero-order valence-electron chi connectivity index (χ0n) is 12.0. The molecular weight excluding hydrogens is 340 g/mol. The van der Waals surface area contributed by atoms with Gasteiger partial charge in [0.25, 0.3) is 15.9 Å². The maximum absolute atomic E-state index is 12.2. The van der Waals surface area contributed by atoms with Gasteiger partial charge in [-0.05, 0) is 36.4 Å². The van der Waals surface area contributed by atoms with E-state index in [4.69, 9.17) is 11.6 Å². The van der Waals surface area contributed by atoms with Crippen molar-refractivity contribution in [1.82, 2.24) is 4.72 Å². The molecule has 0 radical (unpaired) electrons. The Morgan fingerprint density at radius 3 is 2.17 bits per heavy atom. The quantitative estimate of drug-likeness (QED) is 0.883. The van der Waals surface area contributed by atoms with Crippen LogP contribution in [0.5, 0.6) is 0 Å². The Labute approximate surface area is 138 Å². The second kappa shape index (κ2) is 6.80. The molecule has 8 heteroatoms. The number of amides is 2. The SMILES string of the molecule is CC(=O)Nc1ccc(S(=O)(=O)NC(=O)c2ccccc2Cl)cc1. The molecule has 0 aliphatic carbocycles. The van der Waals surface area contributed by atoms with Gasteiger partial charge in [0.1, 0.15) is 0 Å². The Kier molecular flexibility index (Phi) is 5.02. The zero-order chi connectivity index (χ0) is 17.0. The maximum atomic E-state index is 12.2. The van der Waals surface area contributed by atoms with Crippen molar-refractivity contribution in [3.63, 3.8) is 0 Å². The summed E-state index contributed by atoms with van der Waals surface area (Å²) in [6, 6.07) is 11.6. The number of hydrogen-bond acceptors (Lipinski definition) is 4. The van der Waals surface area contributed by atoms with Crippen molar-refractivity contribution in [3.8, 4) is 0 Å². The fourth-order valence-corrected chi connectivity index (χ4v) is 2.99. The van der Waals surface area contributed by atoms with Gasteiger partial charge < -0.3 is 5.32 Å². The second-order valence-corrected chi connectivity index (χ2v) is 6.71. The van der Waals surface area contributed by atoms with Crippen LogP contribution >= 0.6 is 11.6 Å². The normalized spacial score (nSPS) is 10.9. The number of benzene rings is 2. The predicted molar refractivity (Wildman–Crippen MR) is 86.8 cm³/mol. The predicted octanol–water partition coefficient (Wildman–Crippen LogP) is 2.42. The van der Waals surface area contributed by atoms with Gasteiger partial charge in [-0.3, -0.25) is 9.59 Å². The van der Waals surface area contributed by atoms with Crippen molar-refractivity contribution in [2.75, 3.05) is 5.32 Å². The van der Waals surface area contributed by atoms with Crippen LogP contribution in [0.15, 0.2) is 53.4 Å². The Bertz CT molecular complexity index is 848. The summed E-state index contributed by atoms with van der Waals surface area (Å²) >= 11 is 5.87. The lowest BCUT2D eigenvalue weighted by molar-refractivity contribution is -0.114. The molecule has 2 N–H and O–H groups in total. The third-order valence-corrected chi connectivity index (χ3v) is 4.51. The van der Waals surface area contributed by atoms with Gasteiger partial charge in [0.2, 0.25) is 5.91 Å². The molecule has 0 unspecified atom stereocenters. The van der Waals surface area contributed by atoms with E-state index in [0.29, 0.717) is 5.69 Å². The van der Waals surface area contributed by atoms with Gasteiger partial charge >= 0.3 is 0 Å². The molecule has 2 aromatic rings. The highest BCUT2D eigenvalue weighted by atomic mass is 35.5. The minimum absolute atomic E-state index is 0.0626. The van der Waals surface area contributed by atoms with Crippen molar-refractivity contribution in [2.24, 2.45) is 0 Å². The highest BCUT2D eigenvalue weighted by molar-refractivity contribution is 7.90. The van der Waals surface area contributed by atoms with Gasteiger partial charge in [-0.1, -0.05) is 23.7 Å². The van der Waals surface area contributed by atoms with Crippen LogP contribution in [0.1, 0.15) is 17.3 Å². The molecule has 120 valence electrons. The van der Waals surface area contributed by atoms with Crippen molar-refractivity contribution < 1.29 is 18.0 Å². The highest BCUT2D eigenvalue weighted by Crippen LogP contribution is 2.17.